The summed E-state index contributed by atoms with van der Waals surface area (Å²) in [6.45, 7) is 2.27. The number of fused-ring (bicyclic) bond motifs is 2. The Labute approximate surface area is 178 Å². The summed E-state index contributed by atoms with van der Waals surface area (Å²) in [6.07, 6.45) is 7.15. The van der Waals surface area contributed by atoms with Gasteiger partial charge in [-0.25, -0.2) is 12.4 Å². The third-order valence-corrected chi connectivity index (χ3v) is 7.67. The Morgan fingerprint density at radius 3 is 2.90 bits per heavy atom. The molecule has 8 heteroatoms. The first-order valence-electron chi connectivity index (χ1n) is 9.50. The molecule has 0 spiro atoms. The van der Waals surface area contributed by atoms with Gasteiger partial charge < -0.3 is 9.64 Å². The number of likely N-dealkylation sites (N-methyl/N-ethyl adjacent to an activating group) is 1. The Morgan fingerprint density at radius 1 is 1.24 bits per heavy atom. The van der Waals surface area contributed by atoms with Crippen LogP contribution in [-0.4, -0.2) is 49.0 Å². The second-order valence-corrected chi connectivity index (χ2v) is 10.1. The molecule has 0 bridgehead atoms. The molecule has 0 radical (unpaired) electrons. The van der Waals surface area contributed by atoms with Gasteiger partial charge in [0.2, 0.25) is 0 Å². The molecule has 5 rings (SSSR count). The molecule has 2 aromatic heterocycles. The van der Waals surface area contributed by atoms with E-state index in [9.17, 15) is 8.42 Å². The molecular weight excluding hydrogens is 454 g/mol. The Kier molecular flexibility index (Phi) is 4.53. The van der Waals surface area contributed by atoms with Gasteiger partial charge in [-0.15, -0.1) is 0 Å². The summed E-state index contributed by atoms with van der Waals surface area (Å²) < 4.78 is 35.2. The molecule has 29 heavy (non-hydrogen) atoms. The first kappa shape index (κ1) is 18.8. The molecule has 0 N–H and O–H groups in total. The highest BCUT2D eigenvalue weighted by Gasteiger charge is 2.30. The summed E-state index contributed by atoms with van der Waals surface area (Å²) in [4.78, 5) is 6.93. The fourth-order valence-electron chi connectivity index (χ4n) is 4.01. The van der Waals surface area contributed by atoms with Crippen LogP contribution in [0, 0.1) is 0 Å². The highest BCUT2D eigenvalue weighted by Crippen LogP contribution is 2.39. The second kappa shape index (κ2) is 6.97. The van der Waals surface area contributed by atoms with Gasteiger partial charge in [0.1, 0.15) is 10.6 Å². The van der Waals surface area contributed by atoms with Crippen molar-refractivity contribution in [1.29, 1.82) is 0 Å². The highest BCUT2D eigenvalue weighted by molar-refractivity contribution is 9.10. The van der Waals surface area contributed by atoms with Crippen molar-refractivity contribution in [2.24, 2.45) is 0 Å². The van der Waals surface area contributed by atoms with Crippen LogP contribution in [0.4, 0.5) is 0 Å². The van der Waals surface area contributed by atoms with Crippen LogP contribution < -0.4 is 4.74 Å². The van der Waals surface area contributed by atoms with Crippen molar-refractivity contribution in [1.82, 2.24) is 13.9 Å². The summed E-state index contributed by atoms with van der Waals surface area (Å²) in [7, 11) is -1.78. The van der Waals surface area contributed by atoms with E-state index in [0.717, 1.165) is 40.7 Å². The Balaban J connectivity index is 1.72. The van der Waals surface area contributed by atoms with Crippen molar-refractivity contribution < 1.29 is 13.2 Å². The van der Waals surface area contributed by atoms with E-state index < -0.39 is 10.0 Å². The van der Waals surface area contributed by atoms with Gasteiger partial charge in [-0.3, -0.25) is 4.98 Å². The fourth-order valence-corrected chi connectivity index (χ4v) is 6.23. The van der Waals surface area contributed by atoms with Gasteiger partial charge in [-0.1, -0.05) is 22.0 Å². The predicted octanol–water partition coefficient (Wildman–Crippen LogP) is 3.69. The molecule has 0 amide bonds. The van der Waals surface area contributed by atoms with Crippen molar-refractivity contribution in [3.8, 4) is 5.75 Å². The van der Waals surface area contributed by atoms with Gasteiger partial charge in [0, 0.05) is 47.5 Å². The minimum atomic E-state index is -3.86. The quantitative estimate of drug-likeness (QED) is 0.580. The van der Waals surface area contributed by atoms with Crippen LogP contribution in [0.1, 0.15) is 17.5 Å². The number of rotatable bonds is 3. The van der Waals surface area contributed by atoms with Crippen molar-refractivity contribution in [2.75, 3.05) is 26.7 Å². The lowest BCUT2D eigenvalue weighted by Gasteiger charge is -2.21. The Morgan fingerprint density at radius 2 is 2.10 bits per heavy atom. The lowest BCUT2D eigenvalue weighted by molar-refractivity contribution is 0.348. The second-order valence-electron chi connectivity index (χ2n) is 7.45. The maximum Gasteiger partial charge on any atom is 0.271 e. The maximum atomic E-state index is 13.7. The smallest absolute Gasteiger partial charge is 0.271 e. The molecule has 2 aliphatic heterocycles. The van der Waals surface area contributed by atoms with E-state index in [-0.39, 0.29) is 4.90 Å². The van der Waals surface area contributed by atoms with E-state index in [0.29, 0.717) is 29.8 Å². The van der Waals surface area contributed by atoms with E-state index in [4.69, 9.17) is 4.74 Å². The Hall–Kier alpha value is -2.16. The first-order valence-corrected chi connectivity index (χ1v) is 11.7. The van der Waals surface area contributed by atoms with Crippen LogP contribution in [0.2, 0.25) is 0 Å². The molecule has 3 aromatic rings. The summed E-state index contributed by atoms with van der Waals surface area (Å²) in [5, 5.41) is 0. The summed E-state index contributed by atoms with van der Waals surface area (Å²) in [5.74, 6) is 0.457. The third kappa shape index (κ3) is 3.10. The van der Waals surface area contributed by atoms with Crippen LogP contribution in [0.3, 0.4) is 0 Å². The molecule has 0 saturated carbocycles. The van der Waals surface area contributed by atoms with Crippen LogP contribution in [0.5, 0.6) is 5.75 Å². The number of hydrogen-bond acceptors (Lipinski definition) is 5. The maximum absolute atomic E-state index is 13.7. The summed E-state index contributed by atoms with van der Waals surface area (Å²) >= 11 is 3.45. The molecule has 0 aliphatic carbocycles. The molecule has 0 atom stereocenters. The van der Waals surface area contributed by atoms with Crippen LogP contribution in [0.15, 0.2) is 52.1 Å². The molecule has 150 valence electrons. The van der Waals surface area contributed by atoms with Crippen LogP contribution in [0.25, 0.3) is 16.6 Å². The first-order chi connectivity index (χ1) is 13.9. The van der Waals surface area contributed by atoms with E-state index in [1.807, 2.05) is 6.07 Å². The number of benzene rings is 1. The van der Waals surface area contributed by atoms with E-state index >= 15 is 0 Å². The molecule has 6 nitrogen and oxygen atoms in total. The number of pyridine rings is 1. The molecule has 0 saturated heterocycles. The minimum absolute atomic E-state index is 0.184. The van der Waals surface area contributed by atoms with Crippen molar-refractivity contribution in [3.05, 3.63) is 58.3 Å². The number of hydrogen-bond donors (Lipinski definition) is 0. The summed E-state index contributed by atoms with van der Waals surface area (Å²) in [5.41, 5.74) is 4.21. The fraction of sp³-hybridized carbons (Fsp3) is 0.286. The van der Waals surface area contributed by atoms with Crippen molar-refractivity contribution >= 4 is 42.6 Å². The number of aromatic nitrogens is 2. The van der Waals surface area contributed by atoms with Crippen LogP contribution in [-0.2, 0) is 16.4 Å². The largest absolute Gasteiger partial charge is 0.492 e. The van der Waals surface area contributed by atoms with Gasteiger partial charge in [0.05, 0.1) is 17.6 Å². The molecule has 0 unspecified atom stereocenters. The minimum Gasteiger partial charge on any atom is -0.492 e. The van der Waals surface area contributed by atoms with Crippen LogP contribution >= 0.6 is 15.9 Å². The van der Waals surface area contributed by atoms with Gasteiger partial charge in [-0.2, -0.15) is 0 Å². The lowest BCUT2D eigenvalue weighted by Crippen LogP contribution is -2.23. The van der Waals surface area contributed by atoms with E-state index in [2.05, 4.69) is 38.9 Å². The van der Waals surface area contributed by atoms with Gasteiger partial charge in [0.25, 0.3) is 10.0 Å². The number of halogens is 1. The molecular formula is C21H20BrN3O3S. The van der Waals surface area contributed by atoms with E-state index in [1.165, 1.54) is 3.97 Å². The van der Waals surface area contributed by atoms with Crippen molar-refractivity contribution in [3.63, 3.8) is 0 Å². The zero-order valence-corrected chi connectivity index (χ0v) is 18.3. The lowest BCUT2D eigenvalue weighted by atomic mass is 10.0. The summed E-state index contributed by atoms with van der Waals surface area (Å²) in [6, 6.07) is 7.11. The number of ether oxygens (including phenoxy) is 1. The zero-order chi connectivity index (χ0) is 20.2. The van der Waals surface area contributed by atoms with Gasteiger partial charge >= 0.3 is 0 Å². The highest BCUT2D eigenvalue weighted by atomic mass is 79.9. The van der Waals surface area contributed by atoms with E-state index in [1.54, 1.807) is 30.6 Å². The predicted molar refractivity (Wildman–Crippen MR) is 116 cm³/mol. The standard InChI is InChI=1S/C21H20BrN3O3S/c1-24-8-4-14(5-9-24)17-13-25(18-3-2-7-23-20(17)18)29(26,27)19-12-16(22)11-15-6-10-28-21(15)19/h2-4,7,11-13H,5-6,8-10H2,1H3. The van der Waals surface area contributed by atoms with Gasteiger partial charge in [-0.05, 0) is 43.3 Å². The number of nitrogens with zero attached hydrogens (tertiary/aromatic N) is 3. The zero-order valence-electron chi connectivity index (χ0n) is 15.9. The SMILES string of the molecule is CN1CC=C(c2cn(S(=O)(=O)c3cc(Br)cc4c3OCC4)c3cccnc23)CC1. The molecule has 2 aliphatic rings. The monoisotopic (exact) mass is 473 g/mol. The molecule has 0 fully saturated rings. The molecule has 4 heterocycles. The average molecular weight is 474 g/mol. The normalized spacial score (nSPS) is 17.2. The molecule has 1 aromatic carbocycles. The van der Waals surface area contributed by atoms with Gasteiger partial charge in [0.15, 0.2) is 0 Å². The topological polar surface area (TPSA) is 64.4 Å². The Bertz CT molecular complexity index is 1260. The average Bonchev–Trinajstić information content (AvgIpc) is 3.33. The van der Waals surface area contributed by atoms with Crippen molar-refractivity contribution in [2.45, 2.75) is 17.7 Å². The third-order valence-electron chi connectivity index (χ3n) is 5.53.